The highest BCUT2D eigenvalue weighted by molar-refractivity contribution is 7.99. The normalized spacial score (nSPS) is 11.2. The Morgan fingerprint density at radius 3 is 2.57 bits per heavy atom. The quantitative estimate of drug-likeness (QED) is 0.272. The van der Waals surface area contributed by atoms with Gasteiger partial charge in [0.05, 0.1) is 29.5 Å². The van der Waals surface area contributed by atoms with Crippen molar-refractivity contribution >= 4 is 34.9 Å². The Hall–Kier alpha value is -3.38. The summed E-state index contributed by atoms with van der Waals surface area (Å²) in [6.45, 7) is 2.74. The Morgan fingerprint density at radius 1 is 1.03 bits per heavy atom. The highest BCUT2D eigenvalue weighted by Crippen LogP contribution is 2.25. The van der Waals surface area contributed by atoms with Crippen molar-refractivity contribution in [3.8, 4) is 0 Å². The van der Waals surface area contributed by atoms with E-state index in [9.17, 15) is 4.79 Å². The molecule has 150 valence electrons. The van der Waals surface area contributed by atoms with E-state index < -0.39 is 0 Å². The van der Waals surface area contributed by atoms with E-state index in [-0.39, 0.29) is 11.7 Å². The van der Waals surface area contributed by atoms with Gasteiger partial charge in [-0.25, -0.2) is 10.4 Å². The van der Waals surface area contributed by atoms with Crippen LogP contribution in [0.15, 0.2) is 89.1 Å². The Morgan fingerprint density at radius 2 is 1.77 bits per heavy atom. The average molecular weight is 415 g/mol. The molecule has 4 rings (SSSR count). The highest BCUT2D eigenvalue weighted by Gasteiger charge is 2.13. The number of carbonyl (C=O) groups excluding carboxylic acids is 1. The van der Waals surface area contributed by atoms with Gasteiger partial charge in [0.1, 0.15) is 0 Å². The van der Waals surface area contributed by atoms with Gasteiger partial charge in [0.25, 0.3) is 5.91 Å². The molecular formula is C24H22N4OS. The molecule has 1 N–H and O–H groups in total. The van der Waals surface area contributed by atoms with E-state index in [1.165, 1.54) is 22.9 Å². The molecule has 5 nitrogen and oxygen atoms in total. The number of imidazole rings is 1. The molecule has 0 saturated carbocycles. The largest absolute Gasteiger partial charge is 0.314 e. The number of para-hydroxylation sites is 2. The van der Waals surface area contributed by atoms with Gasteiger partial charge >= 0.3 is 0 Å². The van der Waals surface area contributed by atoms with Crippen LogP contribution in [0.3, 0.4) is 0 Å². The van der Waals surface area contributed by atoms with Crippen LogP contribution in [0.1, 0.15) is 16.7 Å². The summed E-state index contributed by atoms with van der Waals surface area (Å²) in [6, 6.07) is 26.2. The van der Waals surface area contributed by atoms with Crippen LogP contribution in [0, 0.1) is 6.92 Å². The monoisotopic (exact) mass is 414 g/mol. The smallest absolute Gasteiger partial charge is 0.250 e. The molecule has 0 fully saturated rings. The number of benzene rings is 3. The first-order valence-electron chi connectivity index (χ1n) is 9.69. The van der Waals surface area contributed by atoms with Crippen molar-refractivity contribution in [3.05, 3.63) is 95.6 Å². The van der Waals surface area contributed by atoms with Crippen molar-refractivity contribution < 1.29 is 4.79 Å². The van der Waals surface area contributed by atoms with E-state index in [0.29, 0.717) is 6.54 Å². The highest BCUT2D eigenvalue weighted by atomic mass is 32.2. The molecule has 0 aliphatic heterocycles. The third-order valence-electron chi connectivity index (χ3n) is 4.62. The van der Waals surface area contributed by atoms with Crippen molar-refractivity contribution in [2.24, 2.45) is 5.10 Å². The Kier molecular flexibility index (Phi) is 6.25. The molecule has 0 bridgehead atoms. The number of nitrogens with zero attached hydrogens (tertiary/aromatic N) is 3. The van der Waals surface area contributed by atoms with Gasteiger partial charge in [-0.05, 0) is 30.2 Å². The van der Waals surface area contributed by atoms with E-state index in [2.05, 4.69) is 33.3 Å². The number of hydrazone groups is 1. The zero-order valence-electron chi connectivity index (χ0n) is 16.7. The van der Waals surface area contributed by atoms with Crippen molar-refractivity contribution in [2.75, 3.05) is 5.75 Å². The van der Waals surface area contributed by atoms with Gasteiger partial charge in [-0.3, -0.25) is 4.79 Å². The predicted molar refractivity (Wildman–Crippen MR) is 123 cm³/mol. The summed E-state index contributed by atoms with van der Waals surface area (Å²) in [7, 11) is 0. The minimum absolute atomic E-state index is 0.165. The summed E-state index contributed by atoms with van der Waals surface area (Å²) in [5, 5.41) is 4.87. The fourth-order valence-corrected chi connectivity index (χ4v) is 3.88. The van der Waals surface area contributed by atoms with E-state index in [1.807, 2.05) is 67.6 Å². The minimum atomic E-state index is -0.165. The molecule has 4 aromatic rings. The number of rotatable bonds is 7. The molecular weight excluding hydrogens is 392 g/mol. The lowest BCUT2D eigenvalue weighted by atomic mass is 10.2. The topological polar surface area (TPSA) is 59.3 Å². The summed E-state index contributed by atoms with van der Waals surface area (Å²) < 4.78 is 2.15. The SMILES string of the molecule is Cc1ccc(C=NNC(=O)CSc2nc3ccccc3n2Cc2ccccc2)cc1. The molecule has 0 spiro atoms. The first kappa shape index (κ1) is 19.9. The number of carbonyl (C=O) groups is 1. The second kappa shape index (κ2) is 9.41. The van der Waals surface area contributed by atoms with Crippen molar-refractivity contribution in [2.45, 2.75) is 18.6 Å². The zero-order chi connectivity index (χ0) is 20.8. The van der Waals surface area contributed by atoms with Gasteiger partial charge < -0.3 is 4.57 Å². The second-order valence-corrected chi connectivity index (χ2v) is 7.89. The first-order valence-corrected chi connectivity index (χ1v) is 10.7. The molecule has 6 heteroatoms. The number of aromatic nitrogens is 2. The summed E-state index contributed by atoms with van der Waals surface area (Å²) in [5.41, 5.74) is 7.89. The molecule has 0 saturated heterocycles. The lowest BCUT2D eigenvalue weighted by Crippen LogP contribution is -2.20. The minimum Gasteiger partial charge on any atom is -0.314 e. The van der Waals surface area contributed by atoms with Gasteiger partial charge in [0.15, 0.2) is 5.16 Å². The zero-order valence-corrected chi connectivity index (χ0v) is 17.5. The van der Waals surface area contributed by atoms with E-state index in [0.717, 1.165) is 21.8 Å². The van der Waals surface area contributed by atoms with Crippen LogP contribution in [-0.2, 0) is 11.3 Å². The molecule has 0 unspecified atom stereocenters. The van der Waals surface area contributed by atoms with Crippen molar-refractivity contribution in [3.63, 3.8) is 0 Å². The third kappa shape index (κ3) is 4.96. The fourth-order valence-electron chi connectivity index (χ4n) is 3.08. The number of hydrogen-bond donors (Lipinski definition) is 1. The standard InChI is InChI=1S/C24H22N4OS/c1-18-11-13-19(14-12-18)15-25-27-23(29)17-30-24-26-21-9-5-6-10-22(21)28(24)16-20-7-3-2-4-8-20/h2-15H,16-17H2,1H3,(H,27,29). The maximum atomic E-state index is 12.3. The summed E-state index contributed by atoms with van der Waals surface area (Å²) >= 11 is 1.41. The predicted octanol–water partition coefficient (Wildman–Crippen LogP) is 4.64. The second-order valence-electron chi connectivity index (χ2n) is 6.95. The Balaban J connectivity index is 1.43. The Bertz CT molecular complexity index is 1170. The van der Waals surface area contributed by atoms with Gasteiger partial charge in [-0.1, -0.05) is 84.1 Å². The van der Waals surface area contributed by atoms with Crippen LogP contribution < -0.4 is 5.43 Å². The van der Waals surface area contributed by atoms with E-state index in [1.54, 1.807) is 6.21 Å². The van der Waals surface area contributed by atoms with Gasteiger partial charge in [-0.15, -0.1) is 0 Å². The number of thioether (sulfide) groups is 1. The molecule has 0 aliphatic carbocycles. The van der Waals surface area contributed by atoms with Gasteiger partial charge in [0, 0.05) is 0 Å². The number of hydrogen-bond acceptors (Lipinski definition) is 4. The van der Waals surface area contributed by atoms with Crippen molar-refractivity contribution in [1.82, 2.24) is 15.0 Å². The van der Waals surface area contributed by atoms with Crippen LogP contribution in [0.25, 0.3) is 11.0 Å². The summed E-state index contributed by atoms with van der Waals surface area (Å²) in [4.78, 5) is 17.0. The number of amides is 1. The lowest BCUT2D eigenvalue weighted by Gasteiger charge is -2.09. The third-order valence-corrected chi connectivity index (χ3v) is 5.59. The summed E-state index contributed by atoms with van der Waals surface area (Å²) in [5.74, 6) is 0.0743. The molecule has 0 atom stereocenters. The molecule has 1 amide bonds. The molecule has 3 aromatic carbocycles. The van der Waals surface area contributed by atoms with Crippen LogP contribution in [0.5, 0.6) is 0 Å². The van der Waals surface area contributed by atoms with Crippen LogP contribution in [-0.4, -0.2) is 27.4 Å². The fraction of sp³-hybridized carbons (Fsp3) is 0.125. The maximum Gasteiger partial charge on any atom is 0.250 e. The number of nitrogens with one attached hydrogen (secondary N) is 1. The maximum absolute atomic E-state index is 12.3. The molecule has 30 heavy (non-hydrogen) atoms. The van der Waals surface area contributed by atoms with Crippen molar-refractivity contribution in [1.29, 1.82) is 0 Å². The van der Waals surface area contributed by atoms with Gasteiger partial charge in [0.2, 0.25) is 0 Å². The van der Waals surface area contributed by atoms with Crippen LogP contribution >= 0.6 is 11.8 Å². The Labute approximate surface area is 179 Å². The van der Waals surface area contributed by atoms with Crippen LogP contribution in [0.4, 0.5) is 0 Å². The first-order chi connectivity index (χ1) is 14.7. The van der Waals surface area contributed by atoms with Crippen LogP contribution in [0.2, 0.25) is 0 Å². The number of fused-ring (bicyclic) bond motifs is 1. The van der Waals surface area contributed by atoms with E-state index in [4.69, 9.17) is 4.98 Å². The summed E-state index contributed by atoms with van der Waals surface area (Å²) in [6.07, 6.45) is 1.65. The lowest BCUT2D eigenvalue weighted by molar-refractivity contribution is -0.118. The molecule has 1 aromatic heterocycles. The van der Waals surface area contributed by atoms with E-state index >= 15 is 0 Å². The molecule has 0 aliphatic rings. The average Bonchev–Trinajstić information content (AvgIpc) is 3.12. The van der Waals surface area contributed by atoms with Gasteiger partial charge in [-0.2, -0.15) is 5.10 Å². The number of aryl methyl sites for hydroxylation is 1. The molecule has 1 heterocycles. The molecule has 0 radical (unpaired) electrons.